The molecule has 4 rings (SSSR count). The summed E-state index contributed by atoms with van der Waals surface area (Å²) in [5.74, 6) is -1.35. The number of carbonyl (C=O) groups excluding carboxylic acids is 2. The first kappa shape index (κ1) is 21.1. The minimum Gasteiger partial charge on any atom is -0.465 e. The highest BCUT2D eigenvalue weighted by Crippen LogP contribution is 2.38. The average Bonchev–Trinajstić information content (AvgIpc) is 3.18. The number of halogens is 2. The van der Waals surface area contributed by atoms with Crippen molar-refractivity contribution < 1.29 is 18.7 Å². The maximum absolute atomic E-state index is 12.8. The number of hydrogen-bond acceptors (Lipinski definition) is 6. The summed E-state index contributed by atoms with van der Waals surface area (Å²) in [6, 6.07) is 13.2. The van der Waals surface area contributed by atoms with E-state index in [4.69, 9.17) is 32.4 Å². The molecule has 2 aromatic heterocycles. The van der Waals surface area contributed by atoms with E-state index in [9.17, 15) is 14.4 Å². The number of anilines is 1. The fourth-order valence-corrected chi connectivity index (χ4v) is 4.27. The molecule has 2 heterocycles. The molecule has 0 radical (unpaired) electrons. The largest absolute Gasteiger partial charge is 0.465 e. The van der Waals surface area contributed by atoms with Crippen LogP contribution in [0.1, 0.15) is 20.7 Å². The van der Waals surface area contributed by atoms with Crippen molar-refractivity contribution in [3.8, 4) is 11.1 Å². The molecular weight excluding hydrogens is 461 g/mol. The third-order valence-corrected chi connectivity index (χ3v) is 6.16. The summed E-state index contributed by atoms with van der Waals surface area (Å²) in [4.78, 5) is 37.6. The third kappa shape index (κ3) is 4.07. The smallest absolute Gasteiger partial charge is 0.349 e. The van der Waals surface area contributed by atoms with Crippen LogP contribution in [0.3, 0.4) is 0 Å². The number of fused-ring (bicyclic) bond motifs is 1. The molecular formula is C22H13Cl2NO5S. The molecule has 0 saturated heterocycles. The number of benzene rings is 2. The zero-order valence-electron chi connectivity index (χ0n) is 15.9. The van der Waals surface area contributed by atoms with Gasteiger partial charge in [0, 0.05) is 16.3 Å². The Hall–Kier alpha value is -3.13. The van der Waals surface area contributed by atoms with E-state index in [2.05, 4.69) is 5.32 Å². The molecule has 0 aliphatic carbocycles. The van der Waals surface area contributed by atoms with Gasteiger partial charge in [-0.25, -0.2) is 9.59 Å². The number of rotatable bonds is 4. The Morgan fingerprint density at radius 1 is 1.06 bits per heavy atom. The van der Waals surface area contributed by atoms with Crippen molar-refractivity contribution in [3.05, 3.63) is 85.5 Å². The van der Waals surface area contributed by atoms with Gasteiger partial charge in [0.25, 0.3) is 5.91 Å². The molecule has 2 aromatic carbocycles. The molecule has 0 spiro atoms. The van der Waals surface area contributed by atoms with E-state index < -0.39 is 17.5 Å². The van der Waals surface area contributed by atoms with Gasteiger partial charge in [-0.05, 0) is 29.8 Å². The molecule has 0 aliphatic heterocycles. The molecule has 1 N–H and O–H groups in total. The van der Waals surface area contributed by atoms with Gasteiger partial charge in [0.1, 0.15) is 21.7 Å². The zero-order chi connectivity index (χ0) is 22.1. The Morgan fingerprint density at radius 2 is 1.84 bits per heavy atom. The van der Waals surface area contributed by atoms with Crippen LogP contribution in [-0.4, -0.2) is 19.0 Å². The number of para-hydroxylation sites is 1. The fraction of sp³-hybridized carbons (Fsp3) is 0.0455. The Kier molecular flexibility index (Phi) is 5.82. The summed E-state index contributed by atoms with van der Waals surface area (Å²) in [6.45, 7) is 0. The van der Waals surface area contributed by atoms with E-state index in [0.717, 1.165) is 11.3 Å². The quantitative estimate of drug-likeness (QED) is 0.296. The lowest BCUT2D eigenvalue weighted by molar-refractivity contribution is 0.0603. The summed E-state index contributed by atoms with van der Waals surface area (Å²) >= 11 is 13.2. The molecule has 0 unspecified atom stereocenters. The number of esters is 1. The van der Waals surface area contributed by atoms with Gasteiger partial charge in [0.2, 0.25) is 0 Å². The highest BCUT2D eigenvalue weighted by Gasteiger charge is 2.24. The summed E-state index contributed by atoms with van der Waals surface area (Å²) in [7, 11) is 1.24. The molecule has 31 heavy (non-hydrogen) atoms. The van der Waals surface area contributed by atoms with Crippen LogP contribution in [-0.2, 0) is 4.74 Å². The minimum absolute atomic E-state index is 0.143. The van der Waals surface area contributed by atoms with Gasteiger partial charge in [-0.1, -0.05) is 47.5 Å². The number of ether oxygens (including phenoxy) is 1. The molecule has 4 aromatic rings. The Morgan fingerprint density at radius 3 is 2.58 bits per heavy atom. The van der Waals surface area contributed by atoms with Crippen molar-refractivity contribution in [2.45, 2.75) is 0 Å². The normalized spacial score (nSPS) is 10.8. The molecule has 9 heteroatoms. The predicted molar refractivity (Wildman–Crippen MR) is 122 cm³/mol. The highest BCUT2D eigenvalue weighted by atomic mass is 35.5. The van der Waals surface area contributed by atoms with Crippen molar-refractivity contribution in [1.29, 1.82) is 0 Å². The molecule has 0 atom stereocenters. The van der Waals surface area contributed by atoms with Crippen molar-refractivity contribution in [2.24, 2.45) is 0 Å². The standard InChI is InChI=1S/C22H13Cl2NO5S/c1-29-22(28)18-14(11-6-7-15(23)16(24)9-11)10-31-20(18)25-19(26)13-8-12-4-2-3-5-17(12)30-21(13)27/h2-10H,1H3,(H,25,26). The Labute approximate surface area is 190 Å². The molecule has 156 valence electrons. The van der Waals surface area contributed by atoms with E-state index in [1.807, 2.05) is 0 Å². The zero-order valence-corrected chi connectivity index (χ0v) is 18.2. The van der Waals surface area contributed by atoms with Crippen LogP contribution in [0.2, 0.25) is 10.0 Å². The predicted octanol–water partition coefficient (Wildman–Crippen LogP) is 5.87. The molecule has 0 bridgehead atoms. The van der Waals surface area contributed by atoms with Crippen LogP contribution in [0, 0.1) is 0 Å². The SMILES string of the molecule is COC(=O)c1c(-c2ccc(Cl)c(Cl)c2)csc1NC(=O)c1cc2ccccc2oc1=O. The van der Waals surface area contributed by atoms with Gasteiger partial charge in [0.15, 0.2) is 0 Å². The van der Waals surface area contributed by atoms with Crippen LogP contribution in [0.15, 0.2) is 63.1 Å². The monoisotopic (exact) mass is 473 g/mol. The summed E-state index contributed by atoms with van der Waals surface area (Å²) in [5, 5.41) is 5.83. The second kappa shape index (κ2) is 8.55. The van der Waals surface area contributed by atoms with Crippen LogP contribution in [0.25, 0.3) is 22.1 Å². The Balaban J connectivity index is 1.75. The number of amides is 1. The lowest BCUT2D eigenvalue weighted by atomic mass is 10.0. The van der Waals surface area contributed by atoms with E-state index >= 15 is 0 Å². The topological polar surface area (TPSA) is 85.6 Å². The third-order valence-electron chi connectivity index (χ3n) is 4.52. The van der Waals surface area contributed by atoms with Gasteiger partial charge in [-0.2, -0.15) is 0 Å². The molecule has 0 saturated carbocycles. The van der Waals surface area contributed by atoms with E-state index in [1.165, 1.54) is 13.2 Å². The van der Waals surface area contributed by atoms with Crippen LogP contribution in [0.4, 0.5) is 5.00 Å². The van der Waals surface area contributed by atoms with Crippen LogP contribution in [0.5, 0.6) is 0 Å². The van der Waals surface area contributed by atoms with Crippen molar-refractivity contribution in [1.82, 2.24) is 0 Å². The van der Waals surface area contributed by atoms with Gasteiger partial charge < -0.3 is 14.5 Å². The second-order valence-corrected chi connectivity index (χ2v) is 8.11. The molecule has 1 amide bonds. The lowest BCUT2D eigenvalue weighted by Gasteiger charge is -2.08. The first-order valence-electron chi connectivity index (χ1n) is 8.88. The molecule has 6 nitrogen and oxygen atoms in total. The maximum atomic E-state index is 12.8. The lowest BCUT2D eigenvalue weighted by Crippen LogP contribution is -2.21. The number of hydrogen-bond donors (Lipinski definition) is 1. The van der Waals surface area contributed by atoms with Gasteiger partial charge in [-0.3, -0.25) is 4.79 Å². The fourth-order valence-electron chi connectivity index (χ4n) is 3.02. The summed E-state index contributed by atoms with van der Waals surface area (Å²) in [6.07, 6.45) is 0. The first-order chi connectivity index (χ1) is 14.9. The Bertz CT molecular complexity index is 1390. The first-order valence-corrected chi connectivity index (χ1v) is 10.5. The number of methoxy groups -OCH3 is 1. The van der Waals surface area contributed by atoms with Crippen molar-refractivity contribution >= 4 is 62.4 Å². The van der Waals surface area contributed by atoms with E-state index in [1.54, 1.807) is 47.8 Å². The van der Waals surface area contributed by atoms with Gasteiger partial charge in [-0.15, -0.1) is 11.3 Å². The van der Waals surface area contributed by atoms with Crippen molar-refractivity contribution in [3.63, 3.8) is 0 Å². The van der Waals surface area contributed by atoms with E-state index in [-0.39, 0.29) is 16.1 Å². The number of carbonyl (C=O) groups is 2. The van der Waals surface area contributed by atoms with Crippen LogP contribution >= 0.6 is 34.5 Å². The molecule has 0 aliphatic rings. The van der Waals surface area contributed by atoms with Crippen LogP contribution < -0.4 is 10.9 Å². The second-order valence-electron chi connectivity index (χ2n) is 6.41. The summed E-state index contributed by atoms with van der Waals surface area (Å²) in [5.41, 5.74) is 0.686. The van der Waals surface area contributed by atoms with Gasteiger partial charge >= 0.3 is 11.6 Å². The number of thiophene rings is 1. The summed E-state index contributed by atoms with van der Waals surface area (Å²) < 4.78 is 10.1. The average molecular weight is 474 g/mol. The van der Waals surface area contributed by atoms with E-state index in [0.29, 0.717) is 32.1 Å². The highest BCUT2D eigenvalue weighted by molar-refractivity contribution is 7.15. The number of nitrogens with one attached hydrogen (secondary N) is 1. The molecule has 0 fully saturated rings. The minimum atomic E-state index is -0.780. The maximum Gasteiger partial charge on any atom is 0.349 e. The van der Waals surface area contributed by atoms with Gasteiger partial charge in [0.05, 0.1) is 17.2 Å². The van der Waals surface area contributed by atoms with Crippen molar-refractivity contribution in [2.75, 3.05) is 12.4 Å².